The third kappa shape index (κ3) is 2.92. The zero-order valence-electron chi connectivity index (χ0n) is 9.64. The van der Waals surface area contributed by atoms with Crippen LogP contribution in [0.15, 0.2) is 44.4 Å². The maximum Gasteiger partial charge on any atom is 0.353 e. The number of thioether (sulfide) groups is 1. The van der Waals surface area contributed by atoms with Crippen LogP contribution in [-0.2, 0) is 5.75 Å². The fraction of sp³-hybridized carbons (Fsp3) is 0.154. The molecule has 0 unspecified atom stereocenters. The van der Waals surface area contributed by atoms with Gasteiger partial charge in [-0.2, -0.15) is 0 Å². The Morgan fingerprint density at radius 1 is 1.33 bits per heavy atom. The number of hydrogen-bond donors (Lipinski definition) is 1. The number of rotatable bonds is 3. The van der Waals surface area contributed by atoms with Gasteiger partial charge in [-0.25, -0.2) is 9.18 Å². The van der Waals surface area contributed by atoms with Crippen molar-refractivity contribution >= 4 is 11.8 Å². The van der Waals surface area contributed by atoms with Crippen LogP contribution >= 0.6 is 11.8 Å². The average molecular weight is 266 g/mol. The Hall–Kier alpha value is -1.75. The molecule has 0 atom stereocenters. The summed E-state index contributed by atoms with van der Waals surface area (Å²) in [6, 6.07) is 7.37. The van der Waals surface area contributed by atoms with E-state index in [4.69, 9.17) is 4.42 Å². The van der Waals surface area contributed by atoms with E-state index in [-0.39, 0.29) is 16.5 Å². The molecule has 0 amide bonds. The minimum Gasteiger partial charge on any atom is -0.506 e. The molecule has 0 aliphatic rings. The fourth-order valence-electron chi connectivity index (χ4n) is 1.45. The smallest absolute Gasteiger partial charge is 0.353 e. The molecule has 0 aliphatic carbocycles. The van der Waals surface area contributed by atoms with Crippen LogP contribution in [0.25, 0.3) is 0 Å². The van der Waals surface area contributed by atoms with E-state index in [9.17, 15) is 14.3 Å². The molecular weight excluding hydrogens is 255 g/mol. The van der Waals surface area contributed by atoms with Crippen LogP contribution in [0.1, 0.15) is 11.3 Å². The van der Waals surface area contributed by atoms with Crippen molar-refractivity contribution in [2.24, 2.45) is 0 Å². The van der Waals surface area contributed by atoms with Gasteiger partial charge in [0.2, 0.25) is 0 Å². The lowest BCUT2D eigenvalue weighted by atomic mass is 10.2. The highest BCUT2D eigenvalue weighted by Gasteiger charge is 2.10. The van der Waals surface area contributed by atoms with E-state index in [0.717, 1.165) is 17.3 Å². The van der Waals surface area contributed by atoms with Crippen molar-refractivity contribution < 1.29 is 13.9 Å². The highest BCUT2D eigenvalue weighted by molar-refractivity contribution is 7.98. The zero-order valence-corrected chi connectivity index (χ0v) is 10.5. The predicted molar refractivity (Wildman–Crippen MR) is 67.3 cm³/mol. The lowest BCUT2D eigenvalue weighted by molar-refractivity contribution is 0.412. The monoisotopic (exact) mass is 266 g/mol. The largest absolute Gasteiger partial charge is 0.506 e. The molecule has 5 heteroatoms. The molecule has 0 aliphatic heterocycles. The fourth-order valence-corrected chi connectivity index (χ4v) is 2.32. The van der Waals surface area contributed by atoms with Crippen LogP contribution < -0.4 is 5.63 Å². The molecule has 0 saturated heterocycles. The Morgan fingerprint density at radius 2 is 2.00 bits per heavy atom. The molecule has 2 rings (SSSR count). The van der Waals surface area contributed by atoms with Crippen molar-refractivity contribution in [1.82, 2.24) is 0 Å². The second-order valence-electron chi connectivity index (χ2n) is 3.77. The standard InChI is InChI=1S/C13H11FO3S/c1-8-6-11(15)12(13(16)17-8)18-7-9-2-4-10(14)5-3-9/h2-6,15H,7H2,1H3. The molecule has 2 aromatic rings. The molecule has 3 nitrogen and oxygen atoms in total. The molecule has 0 spiro atoms. The molecule has 1 heterocycles. The summed E-state index contributed by atoms with van der Waals surface area (Å²) >= 11 is 1.16. The van der Waals surface area contributed by atoms with Crippen molar-refractivity contribution in [1.29, 1.82) is 0 Å². The molecule has 0 bridgehead atoms. The van der Waals surface area contributed by atoms with Gasteiger partial charge in [-0.1, -0.05) is 12.1 Å². The molecule has 18 heavy (non-hydrogen) atoms. The summed E-state index contributed by atoms with van der Waals surface area (Å²) in [4.78, 5) is 11.7. The topological polar surface area (TPSA) is 50.4 Å². The first kappa shape index (κ1) is 12.7. The minimum atomic E-state index is -0.556. The molecule has 1 aromatic carbocycles. The summed E-state index contributed by atoms with van der Waals surface area (Å²) in [5, 5.41) is 9.65. The molecule has 0 radical (unpaired) electrons. The first-order valence-electron chi connectivity index (χ1n) is 5.27. The van der Waals surface area contributed by atoms with Gasteiger partial charge in [0.15, 0.2) is 0 Å². The number of benzene rings is 1. The van der Waals surface area contributed by atoms with Crippen LogP contribution in [0, 0.1) is 12.7 Å². The molecule has 94 valence electrons. The first-order chi connectivity index (χ1) is 8.56. The molecule has 1 aromatic heterocycles. The predicted octanol–water partition coefficient (Wildman–Crippen LogP) is 3.09. The summed E-state index contributed by atoms with van der Waals surface area (Å²) in [7, 11) is 0. The van der Waals surface area contributed by atoms with Crippen LogP contribution in [0.2, 0.25) is 0 Å². The van der Waals surface area contributed by atoms with Crippen LogP contribution in [0.4, 0.5) is 4.39 Å². The van der Waals surface area contributed by atoms with Gasteiger partial charge in [0.25, 0.3) is 0 Å². The molecule has 0 saturated carbocycles. The average Bonchev–Trinajstić information content (AvgIpc) is 2.30. The summed E-state index contributed by atoms with van der Waals surface area (Å²) < 4.78 is 17.6. The van der Waals surface area contributed by atoms with Gasteiger partial charge in [0, 0.05) is 11.8 Å². The maximum absolute atomic E-state index is 12.7. The van der Waals surface area contributed by atoms with Gasteiger partial charge in [-0.15, -0.1) is 11.8 Å². The quantitative estimate of drug-likeness (QED) is 0.867. The molecule has 1 N–H and O–H groups in total. The van der Waals surface area contributed by atoms with Gasteiger partial charge in [-0.3, -0.25) is 0 Å². The van der Waals surface area contributed by atoms with Crippen molar-refractivity contribution in [3.63, 3.8) is 0 Å². The van der Waals surface area contributed by atoms with E-state index in [1.165, 1.54) is 18.2 Å². The Kier molecular flexibility index (Phi) is 3.72. The second-order valence-corrected chi connectivity index (χ2v) is 4.76. The number of aryl methyl sites for hydroxylation is 1. The Labute approximate surface area is 107 Å². The third-order valence-corrected chi connectivity index (χ3v) is 3.45. The van der Waals surface area contributed by atoms with Crippen LogP contribution in [0.5, 0.6) is 5.75 Å². The molecular formula is C13H11FO3S. The van der Waals surface area contributed by atoms with Crippen LogP contribution in [0.3, 0.4) is 0 Å². The SMILES string of the molecule is Cc1cc(O)c(SCc2ccc(F)cc2)c(=O)o1. The van der Waals surface area contributed by atoms with E-state index in [2.05, 4.69) is 0 Å². The molecule has 0 fully saturated rings. The van der Waals surface area contributed by atoms with Crippen molar-refractivity contribution in [3.05, 3.63) is 57.9 Å². The minimum absolute atomic E-state index is 0.0872. The van der Waals surface area contributed by atoms with E-state index in [1.54, 1.807) is 19.1 Å². The van der Waals surface area contributed by atoms with Gasteiger partial charge >= 0.3 is 5.63 Å². The number of aromatic hydroxyl groups is 1. The third-order valence-electron chi connectivity index (χ3n) is 2.31. The van der Waals surface area contributed by atoms with Gasteiger partial charge < -0.3 is 9.52 Å². The van der Waals surface area contributed by atoms with Gasteiger partial charge in [-0.05, 0) is 24.6 Å². The summed E-state index contributed by atoms with van der Waals surface area (Å²) in [6.07, 6.45) is 0. The zero-order chi connectivity index (χ0) is 13.1. The Bertz CT molecular complexity index is 605. The summed E-state index contributed by atoms with van der Waals surface area (Å²) in [6.45, 7) is 1.59. The van der Waals surface area contributed by atoms with E-state index < -0.39 is 5.63 Å². The van der Waals surface area contributed by atoms with Gasteiger partial charge in [0.1, 0.15) is 22.2 Å². The Balaban J connectivity index is 2.16. The number of halogens is 1. The lowest BCUT2D eigenvalue weighted by Gasteiger charge is -2.03. The lowest BCUT2D eigenvalue weighted by Crippen LogP contribution is -2.03. The highest BCUT2D eigenvalue weighted by Crippen LogP contribution is 2.28. The number of hydrogen-bond acceptors (Lipinski definition) is 4. The normalized spacial score (nSPS) is 10.6. The maximum atomic E-state index is 12.7. The summed E-state index contributed by atoms with van der Waals surface area (Å²) in [5.74, 6) is 0.433. The van der Waals surface area contributed by atoms with E-state index >= 15 is 0 Å². The van der Waals surface area contributed by atoms with Gasteiger partial charge in [0.05, 0.1) is 0 Å². The van der Waals surface area contributed by atoms with Crippen molar-refractivity contribution in [2.45, 2.75) is 17.6 Å². The summed E-state index contributed by atoms with van der Waals surface area (Å²) in [5.41, 5.74) is 0.306. The van der Waals surface area contributed by atoms with E-state index in [1.807, 2.05) is 0 Å². The Morgan fingerprint density at radius 3 is 2.61 bits per heavy atom. The highest BCUT2D eigenvalue weighted by atomic mass is 32.2. The van der Waals surface area contributed by atoms with Crippen LogP contribution in [-0.4, -0.2) is 5.11 Å². The van der Waals surface area contributed by atoms with E-state index in [0.29, 0.717) is 11.5 Å². The van der Waals surface area contributed by atoms with Crippen molar-refractivity contribution in [2.75, 3.05) is 0 Å². The van der Waals surface area contributed by atoms with Crippen molar-refractivity contribution in [3.8, 4) is 5.75 Å². The second kappa shape index (κ2) is 5.27. The first-order valence-corrected chi connectivity index (χ1v) is 6.26.